The van der Waals surface area contributed by atoms with Crippen molar-refractivity contribution < 1.29 is 0 Å². The van der Waals surface area contributed by atoms with Gasteiger partial charge in [0.15, 0.2) is 5.82 Å². The van der Waals surface area contributed by atoms with Crippen LogP contribution in [0.1, 0.15) is 11.6 Å². The minimum Gasteiger partial charge on any atom is -0.311 e. The zero-order valence-electron chi connectivity index (χ0n) is 7.80. The second-order valence-corrected chi connectivity index (χ2v) is 2.81. The zero-order valence-corrected chi connectivity index (χ0v) is 7.80. The van der Waals surface area contributed by atoms with E-state index >= 15 is 0 Å². The van der Waals surface area contributed by atoms with Gasteiger partial charge in [0.1, 0.15) is 18.2 Å². The average molecular weight is 202 g/mol. The maximum absolute atomic E-state index is 11.1. The third kappa shape index (κ3) is 1.73. The monoisotopic (exact) mass is 202 g/mol. The van der Waals surface area contributed by atoms with Gasteiger partial charge in [0.25, 0.3) is 11.4 Å². The lowest BCUT2D eigenvalue weighted by Gasteiger charge is -1.98. The molecule has 0 amide bonds. The molecule has 0 aliphatic carbocycles. The highest BCUT2D eigenvalue weighted by molar-refractivity contribution is 5.20. The van der Waals surface area contributed by atoms with Gasteiger partial charge in [0.2, 0.25) is 0 Å². The summed E-state index contributed by atoms with van der Waals surface area (Å²) in [5, 5.41) is 12.3. The Hall–Kier alpha value is -2.49. The van der Waals surface area contributed by atoms with Crippen LogP contribution in [0.4, 0.5) is 0 Å². The number of hydrogen-bond donors (Lipinski definition) is 1. The highest BCUT2D eigenvalue weighted by Gasteiger charge is 2.04. The first-order valence-electron chi connectivity index (χ1n) is 4.09. The maximum Gasteiger partial charge on any atom is 0.253 e. The van der Waals surface area contributed by atoms with Crippen molar-refractivity contribution in [2.75, 3.05) is 0 Å². The molecular weight excluding hydrogens is 196 g/mol. The lowest BCUT2D eigenvalue weighted by Crippen LogP contribution is -2.12. The Kier molecular flexibility index (Phi) is 2.02. The van der Waals surface area contributed by atoms with E-state index in [1.807, 2.05) is 0 Å². The van der Waals surface area contributed by atoms with Crippen molar-refractivity contribution in [3.63, 3.8) is 0 Å². The molecule has 2 aromatic rings. The summed E-state index contributed by atoms with van der Waals surface area (Å²) in [6.45, 7) is 1.66. The number of H-pyrrole nitrogens is 1. The first-order valence-corrected chi connectivity index (χ1v) is 4.09. The van der Waals surface area contributed by atoms with Gasteiger partial charge >= 0.3 is 0 Å². The standard InChI is InChI=1S/C8H6N6O/c1-5-11-7(2-8(15)12-5)14-4-10-6(3-9)13-14/h2,4H,1H3,(H,11,12,15). The number of nitrogens with one attached hydrogen (secondary N) is 1. The summed E-state index contributed by atoms with van der Waals surface area (Å²) in [6.07, 6.45) is 1.33. The van der Waals surface area contributed by atoms with Crippen LogP contribution in [0.15, 0.2) is 17.2 Å². The van der Waals surface area contributed by atoms with Crippen molar-refractivity contribution in [3.8, 4) is 11.9 Å². The molecule has 1 N–H and O–H groups in total. The minimum atomic E-state index is -0.272. The lowest BCUT2D eigenvalue weighted by atomic mass is 10.5. The second-order valence-electron chi connectivity index (χ2n) is 2.81. The Bertz CT molecular complexity index is 590. The van der Waals surface area contributed by atoms with Gasteiger partial charge in [-0.3, -0.25) is 4.79 Å². The van der Waals surface area contributed by atoms with E-state index in [-0.39, 0.29) is 11.4 Å². The SMILES string of the molecule is Cc1nc(-n2cnc(C#N)n2)cc(=O)[nH]1. The Balaban J connectivity index is 2.54. The lowest BCUT2D eigenvalue weighted by molar-refractivity contribution is 0.817. The van der Waals surface area contributed by atoms with Crippen LogP contribution in [-0.2, 0) is 0 Å². The van der Waals surface area contributed by atoms with Crippen molar-refractivity contribution in [2.24, 2.45) is 0 Å². The molecule has 2 rings (SSSR count). The molecule has 0 aliphatic rings. The summed E-state index contributed by atoms with van der Waals surface area (Å²) < 4.78 is 1.28. The van der Waals surface area contributed by atoms with Crippen molar-refractivity contribution >= 4 is 0 Å². The van der Waals surface area contributed by atoms with Crippen molar-refractivity contribution in [1.29, 1.82) is 5.26 Å². The van der Waals surface area contributed by atoms with Gasteiger partial charge in [0.05, 0.1) is 0 Å². The molecule has 0 spiro atoms. The maximum atomic E-state index is 11.1. The quantitative estimate of drug-likeness (QED) is 0.673. The zero-order chi connectivity index (χ0) is 10.8. The van der Waals surface area contributed by atoms with Crippen LogP contribution in [0, 0.1) is 18.3 Å². The van der Waals surface area contributed by atoms with Crippen LogP contribution in [-0.4, -0.2) is 24.7 Å². The Labute approximate surface area is 84.0 Å². The van der Waals surface area contributed by atoms with Gasteiger partial charge in [-0.25, -0.2) is 14.6 Å². The molecule has 74 valence electrons. The molecular formula is C8H6N6O. The van der Waals surface area contributed by atoms with E-state index in [1.165, 1.54) is 17.1 Å². The van der Waals surface area contributed by atoms with E-state index in [0.29, 0.717) is 11.6 Å². The molecule has 0 bridgehead atoms. The molecule has 0 radical (unpaired) electrons. The van der Waals surface area contributed by atoms with Gasteiger partial charge in [-0.15, -0.1) is 5.10 Å². The highest BCUT2D eigenvalue weighted by Crippen LogP contribution is 1.98. The van der Waals surface area contributed by atoms with Gasteiger partial charge in [-0.1, -0.05) is 0 Å². The number of nitrogens with zero attached hydrogens (tertiary/aromatic N) is 5. The molecule has 2 heterocycles. The summed E-state index contributed by atoms with van der Waals surface area (Å²) in [5.74, 6) is 0.853. The normalized spacial score (nSPS) is 9.87. The van der Waals surface area contributed by atoms with E-state index in [0.717, 1.165) is 0 Å². The number of aryl methyl sites for hydroxylation is 1. The summed E-state index contributed by atoms with van der Waals surface area (Å²) in [7, 11) is 0. The fourth-order valence-corrected chi connectivity index (χ4v) is 1.11. The highest BCUT2D eigenvalue weighted by atomic mass is 16.1. The molecule has 2 aromatic heterocycles. The van der Waals surface area contributed by atoms with Gasteiger partial charge in [0, 0.05) is 6.07 Å². The first kappa shape index (κ1) is 9.08. The fourth-order valence-electron chi connectivity index (χ4n) is 1.11. The molecule has 0 unspecified atom stereocenters. The van der Waals surface area contributed by atoms with E-state index < -0.39 is 0 Å². The van der Waals surface area contributed by atoms with Crippen LogP contribution in [0.3, 0.4) is 0 Å². The molecule has 0 aromatic carbocycles. The molecule has 0 aliphatic heterocycles. The van der Waals surface area contributed by atoms with Crippen LogP contribution < -0.4 is 5.56 Å². The van der Waals surface area contributed by atoms with Crippen LogP contribution >= 0.6 is 0 Å². The molecule has 0 saturated carbocycles. The molecule has 15 heavy (non-hydrogen) atoms. The smallest absolute Gasteiger partial charge is 0.253 e. The number of hydrogen-bond acceptors (Lipinski definition) is 5. The van der Waals surface area contributed by atoms with Gasteiger partial charge < -0.3 is 4.98 Å². The molecule has 0 atom stereocenters. The number of rotatable bonds is 1. The Morgan fingerprint density at radius 3 is 3.00 bits per heavy atom. The van der Waals surface area contributed by atoms with Crippen LogP contribution in [0.5, 0.6) is 0 Å². The summed E-state index contributed by atoms with van der Waals surface area (Å²) >= 11 is 0. The number of nitriles is 1. The fraction of sp³-hybridized carbons (Fsp3) is 0.125. The third-order valence-electron chi connectivity index (χ3n) is 1.67. The molecule has 0 fully saturated rings. The third-order valence-corrected chi connectivity index (χ3v) is 1.67. The summed E-state index contributed by atoms with van der Waals surface area (Å²) in [5.41, 5.74) is -0.272. The summed E-state index contributed by atoms with van der Waals surface area (Å²) in [4.78, 5) is 21.4. The van der Waals surface area contributed by atoms with Crippen molar-refractivity contribution in [3.05, 3.63) is 34.4 Å². The predicted octanol–water partition coefficient (Wildman–Crippen LogP) is -0.469. The van der Waals surface area contributed by atoms with E-state index in [1.54, 1.807) is 13.0 Å². The largest absolute Gasteiger partial charge is 0.311 e. The van der Waals surface area contributed by atoms with Crippen LogP contribution in [0.2, 0.25) is 0 Å². The Morgan fingerprint density at radius 1 is 1.60 bits per heavy atom. The van der Waals surface area contributed by atoms with E-state index in [2.05, 4.69) is 20.1 Å². The topological polar surface area (TPSA) is 100 Å². The van der Waals surface area contributed by atoms with Crippen molar-refractivity contribution in [2.45, 2.75) is 6.92 Å². The molecule has 0 saturated heterocycles. The van der Waals surface area contributed by atoms with Gasteiger partial charge in [-0.2, -0.15) is 5.26 Å². The van der Waals surface area contributed by atoms with E-state index in [4.69, 9.17) is 5.26 Å². The number of aromatic nitrogens is 5. The minimum absolute atomic E-state index is 0.0368. The first-order chi connectivity index (χ1) is 7.19. The predicted molar refractivity (Wildman–Crippen MR) is 49.2 cm³/mol. The van der Waals surface area contributed by atoms with E-state index in [9.17, 15) is 4.79 Å². The van der Waals surface area contributed by atoms with Crippen molar-refractivity contribution in [1.82, 2.24) is 24.7 Å². The molecule has 7 nitrogen and oxygen atoms in total. The molecule has 7 heteroatoms. The van der Waals surface area contributed by atoms with Gasteiger partial charge in [-0.05, 0) is 6.92 Å². The second kappa shape index (κ2) is 3.34. The number of aromatic amines is 1. The Morgan fingerprint density at radius 2 is 2.40 bits per heavy atom. The van der Waals surface area contributed by atoms with Crippen LogP contribution in [0.25, 0.3) is 5.82 Å². The summed E-state index contributed by atoms with van der Waals surface area (Å²) in [6, 6.07) is 3.07. The average Bonchev–Trinajstić information content (AvgIpc) is 2.64.